The SMILES string of the molecule is CN(C(=O)C1CCCc2sccc21)C1CCCNCC1.Cl. The Kier molecular flexibility index (Phi) is 6.08. The van der Waals surface area contributed by atoms with Crippen LogP contribution in [0.25, 0.3) is 0 Å². The Hall–Kier alpha value is -0.580. The third kappa shape index (κ3) is 3.61. The molecule has 2 heterocycles. The van der Waals surface area contributed by atoms with Crippen molar-refractivity contribution in [3.8, 4) is 0 Å². The molecule has 0 saturated carbocycles. The van der Waals surface area contributed by atoms with E-state index in [-0.39, 0.29) is 18.3 Å². The average Bonchev–Trinajstić information content (AvgIpc) is 2.79. The number of fused-ring (bicyclic) bond motifs is 1. The van der Waals surface area contributed by atoms with Crippen LogP contribution in [-0.4, -0.2) is 37.0 Å². The van der Waals surface area contributed by atoms with Crippen molar-refractivity contribution in [2.24, 2.45) is 0 Å². The van der Waals surface area contributed by atoms with Gasteiger partial charge in [-0.2, -0.15) is 0 Å². The number of aryl methyl sites for hydroxylation is 1. The van der Waals surface area contributed by atoms with Crippen LogP contribution in [0.3, 0.4) is 0 Å². The molecule has 3 rings (SSSR count). The standard InChI is InChI=1S/C16H24N2OS.ClH/c1-18(12-4-3-9-17-10-7-12)16(19)14-5-2-6-15-13(14)8-11-20-15;/h8,11-12,14,17H,2-7,9-10H2,1H3;1H. The number of rotatable bonds is 2. The zero-order valence-electron chi connectivity index (χ0n) is 12.6. The number of hydrogen-bond donors (Lipinski definition) is 1. The van der Waals surface area contributed by atoms with Gasteiger partial charge >= 0.3 is 0 Å². The molecule has 3 nitrogen and oxygen atoms in total. The third-order valence-corrected chi connectivity index (χ3v) is 5.79. The molecule has 1 saturated heterocycles. The molecule has 0 spiro atoms. The summed E-state index contributed by atoms with van der Waals surface area (Å²) in [5.41, 5.74) is 1.31. The largest absolute Gasteiger partial charge is 0.342 e. The van der Waals surface area contributed by atoms with Gasteiger partial charge in [0.05, 0.1) is 5.92 Å². The number of hydrogen-bond acceptors (Lipinski definition) is 3. The van der Waals surface area contributed by atoms with E-state index in [1.807, 2.05) is 23.3 Å². The van der Waals surface area contributed by atoms with Crippen molar-refractivity contribution in [2.45, 2.75) is 50.5 Å². The van der Waals surface area contributed by atoms with E-state index in [1.54, 1.807) is 0 Å². The summed E-state index contributed by atoms with van der Waals surface area (Å²) in [5, 5.41) is 5.57. The summed E-state index contributed by atoms with van der Waals surface area (Å²) in [7, 11) is 2.01. The fourth-order valence-corrected chi connectivity index (χ4v) is 4.54. The lowest BCUT2D eigenvalue weighted by Crippen LogP contribution is -2.41. The van der Waals surface area contributed by atoms with Crippen LogP contribution in [0.15, 0.2) is 11.4 Å². The van der Waals surface area contributed by atoms with Gasteiger partial charge < -0.3 is 10.2 Å². The fourth-order valence-electron chi connectivity index (χ4n) is 3.56. The summed E-state index contributed by atoms with van der Waals surface area (Å²) in [4.78, 5) is 16.4. The number of amides is 1. The predicted molar refractivity (Wildman–Crippen MR) is 90.5 cm³/mol. The van der Waals surface area contributed by atoms with Gasteiger partial charge in [0.25, 0.3) is 0 Å². The van der Waals surface area contributed by atoms with Crippen LogP contribution in [0.4, 0.5) is 0 Å². The monoisotopic (exact) mass is 328 g/mol. The number of nitrogens with one attached hydrogen (secondary N) is 1. The molecule has 2 unspecified atom stereocenters. The second kappa shape index (κ2) is 7.61. The number of halogens is 1. The molecule has 2 atom stereocenters. The maximum Gasteiger partial charge on any atom is 0.230 e. The van der Waals surface area contributed by atoms with E-state index < -0.39 is 0 Å². The lowest BCUT2D eigenvalue weighted by atomic mass is 9.86. The van der Waals surface area contributed by atoms with Crippen molar-refractivity contribution >= 4 is 29.7 Å². The summed E-state index contributed by atoms with van der Waals surface area (Å²) < 4.78 is 0. The van der Waals surface area contributed by atoms with Gasteiger partial charge in [-0.25, -0.2) is 0 Å². The molecule has 0 bridgehead atoms. The van der Waals surface area contributed by atoms with Gasteiger partial charge in [0, 0.05) is 18.0 Å². The highest BCUT2D eigenvalue weighted by Crippen LogP contribution is 2.36. The number of carbonyl (C=O) groups excluding carboxylic acids is 1. The molecule has 2 aliphatic rings. The fraction of sp³-hybridized carbons (Fsp3) is 0.688. The number of nitrogens with zero attached hydrogens (tertiary/aromatic N) is 1. The topological polar surface area (TPSA) is 32.3 Å². The van der Waals surface area contributed by atoms with Crippen LogP contribution in [0.1, 0.15) is 48.5 Å². The van der Waals surface area contributed by atoms with Crippen molar-refractivity contribution in [1.82, 2.24) is 10.2 Å². The van der Waals surface area contributed by atoms with Crippen molar-refractivity contribution in [2.75, 3.05) is 20.1 Å². The molecule has 118 valence electrons. The Balaban J connectivity index is 0.00000161. The maximum absolute atomic E-state index is 12.9. The van der Waals surface area contributed by atoms with Gasteiger partial charge in [0.2, 0.25) is 5.91 Å². The highest BCUT2D eigenvalue weighted by Gasteiger charge is 2.32. The molecule has 1 fully saturated rings. The lowest BCUT2D eigenvalue weighted by Gasteiger charge is -2.32. The minimum atomic E-state index is 0. The zero-order chi connectivity index (χ0) is 13.9. The molecule has 1 amide bonds. The summed E-state index contributed by atoms with van der Waals surface area (Å²) >= 11 is 1.82. The molecule has 0 radical (unpaired) electrons. The van der Waals surface area contributed by atoms with Gasteiger partial charge in [-0.3, -0.25) is 4.79 Å². The summed E-state index contributed by atoms with van der Waals surface area (Å²) in [6.07, 6.45) is 6.75. The molecular weight excluding hydrogens is 304 g/mol. The molecule has 5 heteroatoms. The van der Waals surface area contributed by atoms with Gasteiger partial charge in [0.1, 0.15) is 0 Å². The summed E-state index contributed by atoms with van der Waals surface area (Å²) in [5.74, 6) is 0.461. The second-order valence-electron chi connectivity index (χ2n) is 6.03. The number of carbonyl (C=O) groups is 1. The van der Waals surface area contributed by atoms with E-state index in [0.29, 0.717) is 11.9 Å². The van der Waals surface area contributed by atoms with E-state index in [4.69, 9.17) is 0 Å². The molecule has 21 heavy (non-hydrogen) atoms. The van der Waals surface area contributed by atoms with Crippen molar-refractivity contribution in [1.29, 1.82) is 0 Å². The Morgan fingerprint density at radius 3 is 3.00 bits per heavy atom. The molecule has 1 aromatic heterocycles. The van der Waals surface area contributed by atoms with E-state index >= 15 is 0 Å². The quantitative estimate of drug-likeness (QED) is 0.904. The maximum atomic E-state index is 12.9. The highest BCUT2D eigenvalue weighted by molar-refractivity contribution is 7.10. The Labute approximate surface area is 137 Å². The molecule has 1 aliphatic carbocycles. The predicted octanol–water partition coefficient (Wildman–Crippen LogP) is 3.19. The summed E-state index contributed by atoms with van der Waals surface area (Å²) in [6, 6.07) is 2.59. The average molecular weight is 329 g/mol. The first kappa shape index (κ1) is 16.8. The Morgan fingerprint density at radius 2 is 2.14 bits per heavy atom. The molecule has 1 aliphatic heterocycles. The van der Waals surface area contributed by atoms with Crippen LogP contribution < -0.4 is 5.32 Å². The molecular formula is C16H25ClN2OS. The van der Waals surface area contributed by atoms with Crippen molar-refractivity contribution in [3.05, 3.63) is 21.9 Å². The Bertz CT molecular complexity index is 469. The van der Waals surface area contributed by atoms with E-state index in [9.17, 15) is 4.79 Å². The number of likely N-dealkylation sites (N-methyl/N-ethyl adjacent to an activating group) is 1. The first-order chi connectivity index (χ1) is 9.77. The highest BCUT2D eigenvalue weighted by atomic mass is 35.5. The Morgan fingerprint density at radius 1 is 1.29 bits per heavy atom. The van der Waals surface area contributed by atoms with Crippen molar-refractivity contribution in [3.63, 3.8) is 0 Å². The smallest absolute Gasteiger partial charge is 0.230 e. The molecule has 1 aromatic rings. The zero-order valence-corrected chi connectivity index (χ0v) is 14.3. The summed E-state index contributed by atoms with van der Waals surface area (Å²) in [6.45, 7) is 2.13. The van der Waals surface area contributed by atoms with Crippen LogP contribution in [-0.2, 0) is 11.2 Å². The molecule has 0 aromatic carbocycles. The van der Waals surface area contributed by atoms with Crippen LogP contribution in [0, 0.1) is 0 Å². The van der Waals surface area contributed by atoms with E-state index in [2.05, 4.69) is 16.8 Å². The van der Waals surface area contributed by atoms with Gasteiger partial charge in [0.15, 0.2) is 0 Å². The minimum absolute atomic E-state index is 0. The number of thiophene rings is 1. The van der Waals surface area contributed by atoms with Gasteiger partial charge in [-0.1, -0.05) is 0 Å². The van der Waals surface area contributed by atoms with Crippen LogP contribution in [0.5, 0.6) is 0 Å². The normalized spacial score (nSPS) is 25.4. The minimum Gasteiger partial charge on any atom is -0.342 e. The first-order valence-electron chi connectivity index (χ1n) is 7.81. The van der Waals surface area contributed by atoms with Crippen LogP contribution in [0.2, 0.25) is 0 Å². The van der Waals surface area contributed by atoms with Gasteiger partial charge in [-0.05, 0) is 68.6 Å². The van der Waals surface area contributed by atoms with Crippen molar-refractivity contribution < 1.29 is 4.79 Å². The van der Waals surface area contributed by atoms with E-state index in [1.165, 1.54) is 16.9 Å². The van der Waals surface area contributed by atoms with Gasteiger partial charge in [-0.15, -0.1) is 23.7 Å². The van der Waals surface area contributed by atoms with Crippen LogP contribution >= 0.6 is 23.7 Å². The molecule has 1 N–H and O–H groups in total. The van der Waals surface area contributed by atoms with E-state index in [0.717, 1.165) is 45.2 Å². The first-order valence-corrected chi connectivity index (χ1v) is 8.69. The lowest BCUT2D eigenvalue weighted by molar-refractivity contribution is -0.134. The third-order valence-electron chi connectivity index (χ3n) is 4.79. The second-order valence-corrected chi connectivity index (χ2v) is 7.03.